The SMILES string of the molecule is Cc1cc(CN2CCSCC2)ccc1NC(=O)CCc1nc2ccccc2c(=O)n1C1CC1. The van der Waals surface area contributed by atoms with Gasteiger partial charge in [0.2, 0.25) is 5.91 Å². The van der Waals surface area contributed by atoms with E-state index in [1.165, 1.54) is 17.1 Å². The predicted octanol–water partition coefficient (Wildman–Crippen LogP) is 4.16. The Morgan fingerprint density at radius 3 is 2.70 bits per heavy atom. The highest BCUT2D eigenvalue weighted by Gasteiger charge is 2.28. The summed E-state index contributed by atoms with van der Waals surface area (Å²) < 4.78 is 1.81. The number of rotatable bonds is 7. The third-order valence-corrected chi connectivity index (χ3v) is 7.39. The Morgan fingerprint density at radius 1 is 1.15 bits per heavy atom. The van der Waals surface area contributed by atoms with E-state index in [0.717, 1.165) is 43.7 Å². The van der Waals surface area contributed by atoms with Gasteiger partial charge in [-0.1, -0.05) is 24.3 Å². The molecular weight excluding hydrogens is 432 g/mol. The Hall–Kier alpha value is -2.64. The number of aryl methyl sites for hydroxylation is 2. The van der Waals surface area contributed by atoms with Gasteiger partial charge in [-0.3, -0.25) is 19.1 Å². The van der Waals surface area contributed by atoms with Gasteiger partial charge in [0, 0.05) is 55.7 Å². The number of anilines is 1. The third-order valence-electron chi connectivity index (χ3n) is 6.44. The molecule has 0 unspecified atom stereocenters. The van der Waals surface area contributed by atoms with E-state index in [9.17, 15) is 9.59 Å². The van der Waals surface area contributed by atoms with Gasteiger partial charge in [-0.25, -0.2) is 4.98 Å². The van der Waals surface area contributed by atoms with Crippen molar-refractivity contribution in [3.63, 3.8) is 0 Å². The van der Waals surface area contributed by atoms with Crippen LogP contribution < -0.4 is 10.9 Å². The summed E-state index contributed by atoms with van der Waals surface area (Å²) in [6.45, 7) is 5.27. The van der Waals surface area contributed by atoms with Crippen LogP contribution in [-0.2, 0) is 17.8 Å². The van der Waals surface area contributed by atoms with Gasteiger partial charge in [-0.15, -0.1) is 0 Å². The second-order valence-corrected chi connectivity index (χ2v) is 10.3. The number of carbonyl (C=O) groups excluding carboxylic acids is 1. The van der Waals surface area contributed by atoms with Gasteiger partial charge in [0.25, 0.3) is 5.56 Å². The molecule has 5 rings (SSSR count). The maximum atomic E-state index is 13.0. The minimum absolute atomic E-state index is 0.0113. The molecule has 1 N–H and O–H groups in total. The molecule has 2 fully saturated rings. The first-order valence-electron chi connectivity index (χ1n) is 11.8. The number of amides is 1. The van der Waals surface area contributed by atoms with Crippen molar-refractivity contribution in [1.29, 1.82) is 0 Å². The first-order valence-corrected chi connectivity index (χ1v) is 12.9. The molecule has 7 heteroatoms. The second kappa shape index (κ2) is 9.69. The van der Waals surface area contributed by atoms with E-state index in [2.05, 4.69) is 22.3 Å². The van der Waals surface area contributed by atoms with Gasteiger partial charge in [0.1, 0.15) is 5.82 Å². The summed E-state index contributed by atoms with van der Waals surface area (Å²) in [5.41, 5.74) is 3.92. The fourth-order valence-corrected chi connectivity index (χ4v) is 5.48. The molecule has 0 bridgehead atoms. The van der Waals surface area contributed by atoms with Crippen molar-refractivity contribution in [2.45, 2.75) is 45.2 Å². The fourth-order valence-electron chi connectivity index (χ4n) is 4.50. The summed E-state index contributed by atoms with van der Waals surface area (Å²) in [5, 5.41) is 3.71. The van der Waals surface area contributed by atoms with Crippen molar-refractivity contribution < 1.29 is 4.79 Å². The lowest BCUT2D eigenvalue weighted by atomic mass is 10.1. The average molecular weight is 463 g/mol. The number of para-hydroxylation sites is 1. The van der Waals surface area contributed by atoms with Crippen molar-refractivity contribution >= 4 is 34.3 Å². The first-order chi connectivity index (χ1) is 16.1. The number of aromatic nitrogens is 2. The van der Waals surface area contributed by atoms with Crippen LogP contribution in [0.5, 0.6) is 0 Å². The van der Waals surface area contributed by atoms with Crippen molar-refractivity contribution in [3.8, 4) is 0 Å². The van der Waals surface area contributed by atoms with Gasteiger partial charge in [-0.05, 0) is 49.1 Å². The zero-order chi connectivity index (χ0) is 22.8. The molecule has 33 heavy (non-hydrogen) atoms. The summed E-state index contributed by atoms with van der Waals surface area (Å²) in [6.07, 6.45) is 2.75. The highest BCUT2D eigenvalue weighted by Crippen LogP contribution is 2.35. The molecule has 172 valence electrons. The number of nitrogens with zero attached hydrogens (tertiary/aromatic N) is 3. The number of fused-ring (bicyclic) bond motifs is 1. The van der Waals surface area contributed by atoms with E-state index in [1.807, 2.05) is 53.6 Å². The molecule has 3 aromatic rings. The van der Waals surface area contributed by atoms with E-state index in [1.54, 1.807) is 0 Å². The van der Waals surface area contributed by atoms with Crippen molar-refractivity contribution in [2.24, 2.45) is 0 Å². The van der Waals surface area contributed by atoms with Crippen LogP contribution in [0.1, 0.15) is 42.3 Å². The Balaban J connectivity index is 1.25. The molecule has 2 heterocycles. The molecule has 2 aliphatic rings. The van der Waals surface area contributed by atoms with Crippen LogP contribution in [0.25, 0.3) is 10.9 Å². The molecule has 1 aliphatic heterocycles. The lowest BCUT2D eigenvalue weighted by molar-refractivity contribution is -0.116. The quantitative estimate of drug-likeness (QED) is 0.571. The molecule has 0 spiro atoms. The molecule has 1 saturated carbocycles. The Labute approximate surface area is 198 Å². The lowest BCUT2D eigenvalue weighted by Crippen LogP contribution is -2.31. The molecule has 1 amide bonds. The van der Waals surface area contributed by atoms with Crippen molar-refractivity contribution in [1.82, 2.24) is 14.5 Å². The maximum Gasteiger partial charge on any atom is 0.261 e. The summed E-state index contributed by atoms with van der Waals surface area (Å²) in [5.74, 6) is 3.06. The number of benzene rings is 2. The smallest absolute Gasteiger partial charge is 0.261 e. The standard InChI is InChI=1S/C26H30N4O2S/c1-18-16-19(17-29-12-14-33-15-13-29)6-9-22(18)28-25(31)11-10-24-27-23-5-3-2-4-21(23)26(32)30(24)20-7-8-20/h2-6,9,16,20H,7-8,10-15,17H2,1H3,(H,28,31). The molecule has 1 saturated heterocycles. The second-order valence-electron chi connectivity index (χ2n) is 9.04. The van der Waals surface area contributed by atoms with Gasteiger partial charge in [0.05, 0.1) is 10.9 Å². The third kappa shape index (κ3) is 5.14. The highest BCUT2D eigenvalue weighted by atomic mass is 32.2. The molecule has 2 aromatic carbocycles. The van der Waals surface area contributed by atoms with Crippen LogP contribution in [0.3, 0.4) is 0 Å². The minimum Gasteiger partial charge on any atom is -0.326 e. The topological polar surface area (TPSA) is 67.2 Å². The average Bonchev–Trinajstić information content (AvgIpc) is 3.65. The number of thioether (sulfide) groups is 1. The first kappa shape index (κ1) is 22.2. The van der Waals surface area contributed by atoms with Crippen LogP contribution in [0.4, 0.5) is 5.69 Å². The minimum atomic E-state index is -0.0522. The van der Waals surface area contributed by atoms with Gasteiger partial charge < -0.3 is 5.32 Å². The predicted molar refractivity (Wildman–Crippen MR) is 135 cm³/mol. The summed E-state index contributed by atoms with van der Waals surface area (Å²) in [7, 11) is 0. The van der Waals surface area contributed by atoms with E-state index < -0.39 is 0 Å². The molecule has 1 aliphatic carbocycles. The molecular formula is C26H30N4O2S. The van der Waals surface area contributed by atoms with Gasteiger partial charge >= 0.3 is 0 Å². The number of hydrogen-bond donors (Lipinski definition) is 1. The van der Waals surface area contributed by atoms with Gasteiger partial charge in [-0.2, -0.15) is 11.8 Å². The van der Waals surface area contributed by atoms with E-state index in [4.69, 9.17) is 4.98 Å². The van der Waals surface area contributed by atoms with Crippen LogP contribution in [-0.4, -0.2) is 45.0 Å². The fraction of sp³-hybridized carbons (Fsp3) is 0.423. The zero-order valence-corrected chi connectivity index (χ0v) is 19.9. The van der Waals surface area contributed by atoms with Gasteiger partial charge in [0.15, 0.2) is 0 Å². The molecule has 0 radical (unpaired) electrons. The van der Waals surface area contributed by atoms with E-state index >= 15 is 0 Å². The maximum absolute atomic E-state index is 13.0. The Kier molecular flexibility index (Phi) is 6.51. The summed E-state index contributed by atoms with van der Waals surface area (Å²) in [4.78, 5) is 33.0. The number of hydrogen-bond acceptors (Lipinski definition) is 5. The Morgan fingerprint density at radius 2 is 1.94 bits per heavy atom. The number of nitrogens with one attached hydrogen (secondary N) is 1. The zero-order valence-electron chi connectivity index (χ0n) is 19.0. The van der Waals surface area contributed by atoms with Crippen molar-refractivity contribution in [2.75, 3.05) is 29.9 Å². The van der Waals surface area contributed by atoms with E-state index in [-0.39, 0.29) is 17.5 Å². The number of carbonyl (C=O) groups is 1. The molecule has 1 aromatic heterocycles. The summed E-state index contributed by atoms with van der Waals surface area (Å²) in [6, 6.07) is 14.0. The Bertz CT molecular complexity index is 1230. The van der Waals surface area contributed by atoms with E-state index in [0.29, 0.717) is 29.6 Å². The molecule has 6 nitrogen and oxygen atoms in total. The largest absolute Gasteiger partial charge is 0.326 e. The summed E-state index contributed by atoms with van der Waals surface area (Å²) >= 11 is 2.02. The van der Waals surface area contributed by atoms with Crippen LogP contribution >= 0.6 is 11.8 Å². The monoisotopic (exact) mass is 462 g/mol. The van der Waals surface area contributed by atoms with Crippen LogP contribution in [0.15, 0.2) is 47.3 Å². The molecule has 0 atom stereocenters. The normalized spacial score (nSPS) is 16.8. The van der Waals surface area contributed by atoms with Crippen molar-refractivity contribution in [3.05, 3.63) is 69.8 Å². The highest BCUT2D eigenvalue weighted by molar-refractivity contribution is 7.99. The van der Waals surface area contributed by atoms with Crippen LogP contribution in [0.2, 0.25) is 0 Å². The lowest BCUT2D eigenvalue weighted by Gasteiger charge is -2.26. The van der Waals surface area contributed by atoms with Crippen LogP contribution in [0, 0.1) is 6.92 Å².